The van der Waals surface area contributed by atoms with Crippen molar-refractivity contribution in [2.75, 3.05) is 27.4 Å². The van der Waals surface area contributed by atoms with E-state index in [1.165, 1.54) is 32.1 Å². The van der Waals surface area contributed by atoms with Gasteiger partial charge in [0.05, 0.1) is 13.2 Å². The van der Waals surface area contributed by atoms with Gasteiger partial charge >= 0.3 is 0 Å². The van der Waals surface area contributed by atoms with Gasteiger partial charge in [-0.1, -0.05) is 39.5 Å². The lowest BCUT2D eigenvalue weighted by Crippen LogP contribution is -2.32. The average molecular weight is 228 g/mol. The molecule has 1 saturated carbocycles. The molecule has 1 rings (SSSR count). The lowest BCUT2D eigenvalue weighted by molar-refractivity contribution is 0.00162. The first-order valence-electron chi connectivity index (χ1n) is 6.57. The third-order valence-electron chi connectivity index (χ3n) is 3.90. The maximum Gasteiger partial charge on any atom is 0.0538 e. The fourth-order valence-electron chi connectivity index (χ4n) is 3.09. The second-order valence-electron chi connectivity index (χ2n) is 6.01. The minimum absolute atomic E-state index is 0.203. The molecule has 0 N–H and O–H groups in total. The minimum atomic E-state index is 0.203. The lowest BCUT2D eigenvalue weighted by Gasteiger charge is -2.35. The van der Waals surface area contributed by atoms with Crippen LogP contribution >= 0.6 is 0 Å². The second-order valence-corrected chi connectivity index (χ2v) is 6.01. The van der Waals surface area contributed by atoms with Gasteiger partial charge in [-0.2, -0.15) is 0 Å². The summed E-state index contributed by atoms with van der Waals surface area (Å²) in [6.45, 7) is 6.29. The third kappa shape index (κ3) is 4.42. The molecule has 1 aliphatic carbocycles. The molecule has 0 radical (unpaired) electrons. The second kappa shape index (κ2) is 6.61. The predicted octanol–water partition coefficient (Wildman–Crippen LogP) is 3.50. The summed E-state index contributed by atoms with van der Waals surface area (Å²) in [5, 5.41) is 0. The van der Waals surface area contributed by atoms with Crippen molar-refractivity contribution >= 4 is 0 Å². The highest BCUT2D eigenvalue weighted by molar-refractivity contribution is 4.80. The first-order valence-corrected chi connectivity index (χ1v) is 6.57. The van der Waals surface area contributed by atoms with Crippen LogP contribution in [0.15, 0.2) is 0 Å². The SMILES string of the molecule is COCC(C)(COC)CC1CCC(C)CC1. The molecule has 1 aliphatic rings. The normalized spacial score (nSPS) is 27.0. The number of rotatable bonds is 6. The average Bonchev–Trinajstić information content (AvgIpc) is 2.22. The monoisotopic (exact) mass is 228 g/mol. The van der Waals surface area contributed by atoms with E-state index in [0.29, 0.717) is 0 Å². The van der Waals surface area contributed by atoms with E-state index >= 15 is 0 Å². The van der Waals surface area contributed by atoms with E-state index in [1.54, 1.807) is 14.2 Å². The fraction of sp³-hybridized carbons (Fsp3) is 1.00. The van der Waals surface area contributed by atoms with Gasteiger partial charge < -0.3 is 9.47 Å². The van der Waals surface area contributed by atoms with Crippen molar-refractivity contribution in [1.82, 2.24) is 0 Å². The van der Waals surface area contributed by atoms with Crippen LogP contribution in [0.2, 0.25) is 0 Å². The van der Waals surface area contributed by atoms with Gasteiger partial charge in [0.1, 0.15) is 0 Å². The summed E-state index contributed by atoms with van der Waals surface area (Å²) >= 11 is 0. The fourth-order valence-corrected chi connectivity index (χ4v) is 3.09. The third-order valence-corrected chi connectivity index (χ3v) is 3.90. The summed E-state index contributed by atoms with van der Waals surface area (Å²) < 4.78 is 10.7. The molecular formula is C14H28O2. The number of hydrogen-bond acceptors (Lipinski definition) is 2. The Kier molecular flexibility index (Phi) is 5.77. The molecule has 0 heterocycles. The van der Waals surface area contributed by atoms with E-state index in [9.17, 15) is 0 Å². The van der Waals surface area contributed by atoms with Crippen molar-refractivity contribution in [3.05, 3.63) is 0 Å². The maximum absolute atomic E-state index is 5.34. The summed E-state index contributed by atoms with van der Waals surface area (Å²) in [5.41, 5.74) is 0.203. The zero-order chi connectivity index (χ0) is 12.0. The Hall–Kier alpha value is -0.0800. The van der Waals surface area contributed by atoms with Gasteiger partial charge in [0.2, 0.25) is 0 Å². The summed E-state index contributed by atoms with van der Waals surface area (Å²) in [5.74, 6) is 1.82. The molecule has 0 amide bonds. The van der Waals surface area contributed by atoms with E-state index in [1.807, 2.05) is 0 Å². The smallest absolute Gasteiger partial charge is 0.0538 e. The number of hydrogen-bond donors (Lipinski definition) is 0. The van der Waals surface area contributed by atoms with Gasteiger partial charge in [-0.25, -0.2) is 0 Å². The number of methoxy groups -OCH3 is 2. The van der Waals surface area contributed by atoms with Crippen molar-refractivity contribution in [1.29, 1.82) is 0 Å². The molecular weight excluding hydrogens is 200 g/mol. The van der Waals surface area contributed by atoms with E-state index in [0.717, 1.165) is 25.0 Å². The molecule has 0 spiro atoms. The molecule has 0 aromatic rings. The molecule has 0 atom stereocenters. The van der Waals surface area contributed by atoms with Crippen LogP contribution in [0, 0.1) is 17.3 Å². The Labute approximate surface area is 101 Å². The van der Waals surface area contributed by atoms with Crippen LogP contribution in [0.4, 0.5) is 0 Å². The first-order chi connectivity index (χ1) is 7.59. The Morgan fingerprint density at radius 3 is 1.94 bits per heavy atom. The van der Waals surface area contributed by atoms with Crippen LogP contribution in [-0.4, -0.2) is 27.4 Å². The van der Waals surface area contributed by atoms with Gasteiger partial charge in [0.15, 0.2) is 0 Å². The van der Waals surface area contributed by atoms with Crippen LogP contribution in [0.25, 0.3) is 0 Å². The molecule has 2 nitrogen and oxygen atoms in total. The van der Waals surface area contributed by atoms with Gasteiger partial charge in [-0.15, -0.1) is 0 Å². The molecule has 0 unspecified atom stereocenters. The Morgan fingerprint density at radius 1 is 1.00 bits per heavy atom. The van der Waals surface area contributed by atoms with E-state index in [2.05, 4.69) is 13.8 Å². The van der Waals surface area contributed by atoms with Gasteiger partial charge in [0, 0.05) is 19.6 Å². The Bertz CT molecular complexity index is 177. The number of ether oxygens (including phenoxy) is 2. The van der Waals surface area contributed by atoms with Crippen LogP contribution in [0.1, 0.15) is 46.0 Å². The Morgan fingerprint density at radius 2 is 1.50 bits per heavy atom. The maximum atomic E-state index is 5.34. The topological polar surface area (TPSA) is 18.5 Å². The van der Waals surface area contributed by atoms with Crippen LogP contribution in [-0.2, 0) is 9.47 Å². The van der Waals surface area contributed by atoms with Crippen molar-refractivity contribution < 1.29 is 9.47 Å². The zero-order valence-electron chi connectivity index (χ0n) is 11.4. The Balaban J connectivity index is 2.41. The minimum Gasteiger partial charge on any atom is -0.384 e. The molecule has 16 heavy (non-hydrogen) atoms. The lowest BCUT2D eigenvalue weighted by atomic mass is 9.74. The summed E-state index contributed by atoms with van der Waals surface area (Å²) in [7, 11) is 3.58. The van der Waals surface area contributed by atoms with Crippen LogP contribution in [0.5, 0.6) is 0 Å². The highest BCUT2D eigenvalue weighted by Gasteiger charge is 2.30. The summed E-state index contributed by atoms with van der Waals surface area (Å²) in [6, 6.07) is 0. The van der Waals surface area contributed by atoms with Crippen molar-refractivity contribution in [3.63, 3.8) is 0 Å². The molecule has 0 aliphatic heterocycles. The molecule has 0 aromatic heterocycles. The molecule has 96 valence electrons. The zero-order valence-corrected chi connectivity index (χ0v) is 11.4. The van der Waals surface area contributed by atoms with Crippen LogP contribution < -0.4 is 0 Å². The largest absolute Gasteiger partial charge is 0.384 e. The van der Waals surface area contributed by atoms with E-state index in [-0.39, 0.29) is 5.41 Å². The van der Waals surface area contributed by atoms with E-state index < -0.39 is 0 Å². The molecule has 0 aromatic carbocycles. The predicted molar refractivity (Wildman–Crippen MR) is 67.6 cm³/mol. The van der Waals surface area contributed by atoms with Gasteiger partial charge in [0.25, 0.3) is 0 Å². The highest BCUT2D eigenvalue weighted by Crippen LogP contribution is 2.36. The van der Waals surface area contributed by atoms with Gasteiger partial charge in [-0.05, 0) is 18.3 Å². The van der Waals surface area contributed by atoms with Crippen molar-refractivity contribution in [2.45, 2.75) is 46.0 Å². The van der Waals surface area contributed by atoms with Gasteiger partial charge in [-0.3, -0.25) is 0 Å². The van der Waals surface area contributed by atoms with Crippen molar-refractivity contribution in [2.24, 2.45) is 17.3 Å². The molecule has 2 heteroatoms. The summed E-state index contributed by atoms with van der Waals surface area (Å²) in [4.78, 5) is 0. The standard InChI is InChI=1S/C14H28O2/c1-12-5-7-13(8-6-12)9-14(2,10-15-3)11-16-4/h12-13H,5-11H2,1-4H3. The molecule has 0 bridgehead atoms. The van der Waals surface area contributed by atoms with Crippen LogP contribution in [0.3, 0.4) is 0 Å². The highest BCUT2D eigenvalue weighted by atomic mass is 16.5. The summed E-state index contributed by atoms with van der Waals surface area (Å²) in [6.07, 6.45) is 6.84. The quantitative estimate of drug-likeness (QED) is 0.692. The van der Waals surface area contributed by atoms with E-state index in [4.69, 9.17) is 9.47 Å². The molecule has 1 fully saturated rings. The van der Waals surface area contributed by atoms with Crippen molar-refractivity contribution in [3.8, 4) is 0 Å². The first kappa shape index (κ1) is 14.0. The molecule has 0 saturated heterocycles.